The Morgan fingerprint density at radius 1 is 1.13 bits per heavy atom. The minimum atomic E-state index is -1.00. The summed E-state index contributed by atoms with van der Waals surface area (Å²) in [4.78, 5) is 23.3. The van der Waals surface area contributed by atoms with Gasteiger partial charge in [0.05, 0.1) is 18.4 Å². The van der Waals surface area contributed by atoms with Gasteiger partial charge in [-0.15, -0.1) is 0 Å². The zero-order chi connectivity index (χ0) is 16.7. The van der Waals surface area contributed by atoms with E-state index in [4.69, 9.17) is 4.74 Å². The van der Waals surface area contributed by atoms with Crippen LogP contribution in [0.1, 0.15) is 71.6 Å². The second kappa shape index (κ2) is 6.10. The lowest BCUT2D eigenvalue weighted by atomic mass is 9.49. The summed E-state index contributed by atoms with van der Waals surface area (Å²) in [6, 6.07) is 0. The summed E-state index contributed by atoms with van der Waals surface area (Å²) < 4.78 is 5.43. The van der Waals surface area contributed by atoms with Crippen LogP contribution in [0.3, 0.4) is 0 Å². The molecule has 1 N–H and O–H groups in total. The fourth-order valence-electron chi connectivity index (χ4n) is 5.70. The molecule has 0 aromatic heterocycles. The summed E-state index contributed by atoms with van der Waals surface area (Å²) in [5, 5.41) is 9.25. The van der Waals surface area contributed by atoms with Gasteiger partial charge in [-0.25, -0.2) is 0 Å². The molecule has 0 aromatic rings. The van der Waals surface area contributed by atoms with Crippen LogP contribution in [0.4, 0.5) is 0 Å². The number of hydrogen-bond donors (Lipinski definition) is 1. The predicted molar refractivity (Wildman–Crippen MR) is 86.8 cm³/mol. The van der Waals surface area contributed by atoms with Crippen LogP contribution in [0, 0.1) is 28.6 Å². The van der Waals surface area contributed by atoms with Crippen LogP contribution in [0.5, 0.6) is 0 Å². The van der Waals surface area contributed by atoms with Gasteiger partial charge in [0, 0.05) is 0 Å². The zero-order valence-electron chi connectivity index (χ0n) is 14.5. The van der Waals surface area contributed by atoms with Crippen molar-refractivity contribution in [3.8, 4) is 0 Å². The highest BCUT2D eigenvalue weighted by molar-refractivity contribution is 5.81. The third-order valence-corrected chi connectivity index (χ3v) is 6.89. The molecule has 0 heterocycles. The standard InChI is InChI=1S/C19H30O4/c1-3-18(2,17(21)22)12-16(20)23-5-4-19-9-13-6-14(10-19)8-15(7-13)11-19/h13-15H,3-12H2,1-2H3,(H,21,22). The van der Waals surface area contributed by atoms with Crippen LogP contribution in [-0.2, 0) is 14.3 Å². The van der Waals surface area contributed by atoms with Gasteiger partial charge in [0.15, 0.2) is 0 Å². The van der Waals surface area contributed by atoms with Crippen molar-refractivity contribution in [2.75, 3.05) is 6.61 Å². The molecule has 0 spiro atoms. The van der Waals surface area contributed by atoms with Crippen LogP contribution in [0.15, 0.2) is 0 Å². The molecule has 0 amide bonds. The molecular weight excluding hydrogens is 292 g/mol. The fourth-order valence-corrected chi connectivity index (χ4v) is 5.70. The van der Waals surface area contributed by atoms with E-state index in [0.29, 0.717) is 18.4 Å². The Morgan fingerprint density at radius 3 is 2.09 bits per heavy atom. The number of carbonyl (C=O) groups excluding carboxylic acids is 1. The van der Waals surface area contributed by atoms with E-state index in [2.05, 4.69) is 0 Å². The average molecular weight is 322 g/mol. The molecule has 23 heavy (non-hydrogen) atoms. The quantitative estimate of drug-likeness (QED) is 0.719. The van der Waals surface area contributed by atoms with Crippen LogP contribution in [0.25, 0.3) is 0 Å². The van der Waals surface area contributed by atoms with Gasteiger partial charge in [0.1, 0.15) is 0 Å². The van der Waals surface area contributed by atoms with Crippen molar-refractivity contribution in [3.63, 3.8) is 0 Å². The van der Waals surface area contributed by atoms with Gasteiger partial charge < -0.3 is 9.84 Å². The van der Waals surface area contributed by atoms with Crippen LogP contribution < -0.4 is 0 Å². The van der Waals surface area contributed by atoms with Gasteiger partial charge in [-0.2, -0.15) is 0 Å². The molecule has 0 radical (unpaired) electrons. The van der Waals surface area contributed by atoms with E-state index >= 15 is 0 Å². The average Bonchev–Trinajstić information content (AvgIpc) is 2.45. The first kappa shape index (κ1) is 16.8. The van der Waals surface area contributed by atoms with E-state index < -0.39 is 11.4 Å². The van der Waals surface area contributed by atoms with Gasteiger partial charge in [-0.05, 0) is 81.5 Å². The van der Waals surface area contributed by atoms with Crippen molar-refractivity contribution in [2.24, 2.45) is 28.6 Å². The number of carbonyl (C=O) groups is 2. The van der Waals surface area contributed by atoms with Crippen molar-refractivity contribution in [3.05, 3.63) is 0 Å². The molecule has 0 aromatic carbocycles. The Labute approximate surface area is 139 Å². The summed E-state index contributed by atoms with van der Waals surface area (Å²) in [6.07, 6.45) is 9.60. The normalized spacial score (nSPS) is 37.4. The molecule has 0 aliphatic heterocycles. The maximum Gasteiger partial charge on any atom is 0.309 e. The Hall–Kier alpha value is -1.06. The molecule has 1 unspecified atom stereocenters. The largest absolute Gasteiger partial charge is 0.481 e. The first-order valence-electron chi connectivity index (χ1n) is 9.23. The van der Waals surface area contributed by atoms with Crippen molar-refractivity contribution in [1.29, 1.82) is 0 Å². The van der Waals surface area contributed by atoms with Crippen molar-refractivity contribution in [1.82, 2.24) is 0 Å². The topological polar surface area (TPSA) is 63.6 Å². The van der Waals surface area contributed by atoms with E-state index in [9.17, 15) is 14.7 Å². The third-order valence-electron chi connectivity index (χ3n) is 6.89. The first-order valence-corrected chi connectivity index (χ1v) is 9.23. The Bertz CT molecular complexity index is 448. The van der Waals surface area contributed by atoms with Crippen molar-refractivity contribution in [2.45, 2.75) is 71.6 Å². The second-order valence-electron chi connectivity index (χ2n) is 8.78. The molecule has 4 fully saturated rings. The number of carboxylic acids is 1. The van der Waals surface area contributed by atoms with E-state index in [1.54, 1.807) is 13.8 Å². The first-order chi connectivity index (χ1) is 10.8. The number of aliphatic carboxylic acids is 1. The summed E-state index contributed by atoms with van der Waals surface area (Å²) in [5.41, 5.74) is -0.590. The van der Waals surface area contributed by atoms with E-state index in [-0.39, 0.29) is 12.4 Å². The van der Waals surface area contributed by atoms with E-state index in [1.807, 2.05) is 0 Å². The van der Waals surface area contributed by atoms with Crippen LogP contribution >= 0.6 is 0 Å². The highest BCUT2D eigenvalue weighted by Crippen LogP contribution is 2.61. The molecule has 4 bridgehead atoms. The van der Waals surface area contributed by atoms with Gasteiger partial charge in [-0.1, -0.05) is 6.92 Å². The zero-order valence-corrected chi connectivity index (χ0v) is 14.5. The number of hydrogen-bond acceptors (Lipinski definition) is 3. The number of carboxylic acid groups (broad SMARTS) is 1. The monoisotopic (exact) mass is 322 g/mol. The maximum absolute atomic E-state index is 12.0. The Kier molecular flexibility index (Phi) is 4.45. The lowest BCUT2D eigenvalue weighted by Gasteiger charge is -2.57. The SMILES string of the molecule is CCC(C)(CC(=O)OCCC12CC3CC(CC(C3)C1)C2)C(=O)O. The Morgan fingerprint density at radius 2 is 1.65 bits per heavy atom. The second-order valence-corrected chi connectivity index (χ2v) is 8.78. The van der Waals surface area contributed by atoms with Gasteiger partial charge in [0.2, 0.25) is 0 Å². The number of rotatable bonds is 7. The van der Waals surface area contributed by atoms with Crippen LogP contribution in [0.2, 0.25) is 0 Å². The van der Waals surface area contributed by atoms with E-state index in [1.165, 1.54) is 38.5 Å². The van der Waals surface area contributed by atoms with Crippen molar-refractivity contribution >= 4 is 11.9 Å². The summed E-state index contributed by atoms with van der Waals surface area (Å²) >= 11 is 0. The lowest BCUT2D eigenvalue weighted by molar-refractivity contribution is -0.158. The molecule has 4 saturated carbocycles. The number of ether oxygens (including phenoxy) is 1. The molecule has 130 valence electrons. The minimum Gasteiger partial charge on any atom is -0.481 e. The minimum absolute atomic E-state index is 0.0281. The van der Waals surface area contributed by atoms with E-state index in [0.717, 1.165) is 24.2 Å². The summed E-state index contributed by atoms with van der Waals surface area (Å²) in [5.74, 6) is 1.45. The molecule has 4 heteroatoms. The molecule has 4 nitrogen and oxygen atoms in total. The van der Waals surface area contributed by atoms with Crippen LogP contribution in [-0.4, -0.2) is 23.7 Å². The molecule has 0 saturated heterocycles. The van der Waals surface area contributed by atoms with Gasteiger partial charge in [0.25, 0.3) is 0 Å². The summed E-state index contributed by atoms with van der Waals surface area (Å²) in [7, 11) is 0. The lowest BCUT2D eigenvalue weighted by Crippen LogP contribution is -2.46. The molecule has 4 aliphatic rings. The smallest absolute Gasteiger partial charge is 0.309 e. The molecular formula is C19H30O4. The highest BCUT2D eigenvalue weighted by Gasteiger charge is 2.50. The van der Waals surface area contributed by atoms with Gasteiger partial charge >= 0.3 is 11.9 Å². The molecule has 1 atom stereocenters. The predicted octanol–water partition coefficient (Wildman–Crippen LogP) is 4.03. The van der Waals surface area contributed by atoms with Gasteiger partial charge in [-0.3, -0.25) is 9.59 Å². The molecule has 4 rings (SSSR count). The molecule has 4 aliphatic carbocycles. The highest BCUT2D eigenvalue weighted by atomic mass is 16.5. The summed E-state index contributed by atoms with van der Waals surface area (Å²) in [6.45, 7) is 3.89. The third kappa shape index (κ3) is 3.41. The number of esters is 1. The maximum atomic E-state index is 12.0. The fraction of sp³-hybridized carbons (Fsp3) is 0.895. The van der Waals surface area contributed by atoms with Crippen molar-refractivity contribution < 1.29 is 19.4 Å². The Balaban J connectivity index is 1.48.